The lowest BCUT2D eigenvalue weighted by atomic mass is 9.97. The summed E-state index contributed by atoms with van der Waals surface area (Å²) in [6.07, 6.45) is 1.43. The number of hydrogen-bond acceptors (Lipinski definition) is 3. The van der Waals surface area contributed by atoms with Crippen LogP contribution in [-0.2, 0) is 21.2 Å². The lowest BCUT2D eigenvalue weighted by Crippen LogP contribution is -2.32. The summed E-state index contributed by atoms with van der Waals surface area (Å²) >= 11 is 0. The minimum atomic E-state index is -4.08. The fraction of sp³-hybridized carbons (Fsp3) is 0.278. The summed E-state index contributed by atoms with van der Waals surface area (Å²) in [5.41, 5.74) is 1.95. The molecule has 0 radical (unpaired) electrons. The van der Waals surface area contributed by atoms with E-state index in [1.54, 1.807) is 11.8 Å². The van der Waals surface area contributed by atoms with E-state index in [1.807, 2.05) is 0 Å². The predicted molar refractivity (Wildman–Crippen MR) is 92.7 cm³/mol. The Labute approximate surface area is 149 Å². The third-order valence-corrected chi connectivity index (χ3v) is 6.22. The highest BCUT2D eigenvalue weighted by Crippen LogP contribution is 2.44. The van der Waals surface area contributed by atoms with Crippen LogP contribution < -0.4 is 9.62 Å². The van der Waals surface area contributed by atoms with Gasteiger partial charge in [-0.3, -0.25) is 9.52 Å². The molecule has 2 heterocycles. The van der Waals surface area contributed by atoms with Crippen LogP contribution >= 0.6 is 0 Å². The van der Waals surface area contributed by atoms with Crippen LogP contribution in [0.1, 0.15) is 30.4 Å². The third kappa shape index (κ3) is 2.56. The Morgan fingerprint density at radius 2 is 1.96 bits per heavy atom. The highest BCUT2D eigenvalue weighted by Gasteiger charge is 2.38. The van der Waals surface area contributed by atoms with Crippen molar-refractivity contribution in [1.82, 2.24) is 0 Å². The second-order valence-electron chi connectivity index (χ2n) is 6.57. The van der Waals surface area contributed by atoms with Gasteiger partial charge in [0.1, 0.15) is 11.6 Å². The lowest BCUT2D eigenvalue weighted by molar-refractivity contribution is -0.119. The molecule has 2 aliphatic heterocycles. The molecule has 2 aromatic rings. The van der Waals surface area contributed by atoms with Crippen LogP contribution in [-0.4, -0.2) is 20.9 Å². The van der Waals surface area contributed by atoms with Gasteiger partial charge in [-0.2, -0.15) is 0 Å². The van der Waals surface area contributed by atoms with Gasteiger partial charge in [0, 0.05) is 12.6 Å². The van der Waals surface area contributed by atoms with E-state index in [9.17, 15) is 22.0 Å². The van der Waals surface area contributed by atoms with E-state index in [0.717, 1.165) is 29.8 Å². The molecule has 5 nitrogen and oxygen atoms in total. The van der Waals surface area contributed by atoms with E-state index in [0.29, 0.717) is 24.6 Å². The van der Waals surface area contributed by atoms with Crippen molar-refractivity contribution in [1.29, 1.82) is 0 Å². The molecular formula is C18H16F2N2O3S. The molecule has 0 spiro atoms. The summed E-state index contributed by atoms with van der Waals surface area (Å²) in [5.74, 6) is -2.24. The highest BCUT2D eigenvalue weighted by molar-refractivity contribution is 7.92. The Morgan fingerprint density at radius 3 is 2.69 bits per heavy atom. The monoisotopic (exact) mass is 378 g/mol. The Kier molecular flexibility index (Phi) is 3.76. The number of hydrogen-bond donors (Lipinski definition) is 1. The molecule has 1 amide bonds. The quantitative estimate of drug-likeness (QED) is 0.892. The van der Waals surface area contributed by atoms with Crippen molar-refractivity contribution in [2.45, 2.75) is 30.6 Å². The summed E-state index contributed by atoms with van der Waals surface area (Å²) in [5, 5.41) is 0. The second-order valence-corrected chi connectivity index (χ2v) is 8.25. The number of carbonyl (C=O) groups excluding carboxylic acids is 1. The van der Waals surface area contributed by atoms with Gasteiger partial charge in [-0.1, -0.05) is 0 Å². The van der Waals surface area contributed by atoms with Crippen LogP contribution in [0.5, 0.6) is 0 Å². The summed E-state index contributed by atoms with van der Waals surface area (Å²) in [6, 6.07) is 5.62. The first-order valence-electron chi connectivity index (χ1n) is 8.24. The summed E-state index contributed by atoms with van der Waals surface area (Å²) in [6.45, 7) is 2.38. The molecule has 136 valence electrons. The van der Waals surface area contributed by atoms with Crippen molar-refractivity contribution < 1.29 is 22.0 Å². The van der Waals surface area contributed by atoms with Crippen LogP contribution in [0.4, 0.5) is 20.2 Å². The first kappa shape index (κ1) is 17.0. The number of sulfonamides is 1. The second kappa shape index (κ2) is 5.77. The van der Waals surface area contributed by atoms with E-state index in [1.165, 1.54) is 12.1 Å². The van der Waals surface area contributed by atoms with Crippen molar-refractivity contribution in [3.8, 4) is 0 Å². The SMILES string of the molecule is CC1C(=O)N2CCCc3cc(S(=O)(=O)Nc4ccc(F)cc4F)cc1c32. The van der Waals surface area contributed by atoms with Crippen molar-refractivity contribution in [3.63, 3.8) is 0 Å². The molecule has 1 N–H and O–H groups in total. The molecule has 4 rings (SSSR count). The fourth-order valence-corrected chi connectivity index (χ4v) is 4.75. The summed E-state index contributed by atoms with van der Waals surface area (Å²) < 4.78 is 54.4. The zero-order valence-electron chi connectivity index (χ0n) is 13.9. The van der Waals surface area contributed by atoms with Crippen LogP contribution in [0.3, 0.4) is 0 Å². The standard InChI is InChI=1S/C18H16F2N2O3S/c1-10-14-9-13(7-11-3-2-6-22(17(11)14)18(10)23)26(24,25)21-16-5-4-12(19)8-15(16)20/h4-5,7-10,21H,2-3,6H2,1H3. The first-order chi connectivity index (χ1) is 12.3. The summed E-state index contributed by atoms with van der Waals surface area (Å²) in [4.78, 5) is 14.1. The molecule has 0 bridgehead atoms. The number of anilines is 2. The number of aryl methyl sites for hydroxylation is 1. The van der Waals surface area contributed by atoms with Gasteiger partial charge in [-0.15, -0.1) is 0 Å². The number of nitrogens with one attached hydrogen (secondary N) is 1. The molecule has 2 aliphatic rings. The smallest absolute Gasteiger partial charge is 0.262 e. The van der Waals surface area contributed by atoms with E-state index >= 15 is 0 Å². The first-order valence-corrected chi connectivity index (χ1v) is 9.72. The van der Waals surface area contributed by atoms with Gasteiger partial charge < -0.3 is 4.90 Å². The average Bonchev–Trinajstić information content (AvgIpc) is 2.84. The van der Waals surface area contributed by atoms with Gasteiger partial charge in [0.2, 0.25) is 5.91 Å². The number of nitrogens with zero attached hydrogens (tertiary/aromatic N) is 1. The van der Waals surface area contributed by atoms with E-state index in [2.05, 4.69) is 4.72 Å². The van der Waals surface area contributed by atoms with Gasteiger partial charge in [0.05, 0.1) is 22.2 Å². The van der Waals surface area contributed by atoms with Crippen LogP contribution in [0.2, 0.25) is 0 Å². The summed E-state index contributed by atoms with van der Waals surface area (Å²) in [7, 11) is -4.08. The topological polar surface area (TPSA) is 66.5 Å². The molecule has 1 atom stereocenters. The highest BCUT2D eigenvalue weighted by atomic mass is 32.2. The molecule has 8 heteroatoms. The third-order valence-electron chi connectivity index (χ3n) is 4.88. The molecule has 0 fully saturated rings. The average molecular weight is 378 g/mol. The number of carbonyl (C=O) groups is 1. The number of benzene rings is 2. The Balaban J connectivity index is 1.78. The van der Waals surface area contributed by atoms with Gasteiger partial charge in [-0.05, 0) is 55.2 Å². The zero-order chi connectivity index (χ0) is 18.6. The zero-order valence-corrected chi connectivity index (χ0v) is 14.7. The maximum atomic E-state index is 13.8. The minimum Gasteiger partial charge on any atom is -0.311 e. The Bertz CT molecular complexity index is 1040. The van der Waals surface area contributed by atoms with Crippen LogP contribution in [0.25, 0.3) is 0 Å². The molecule has 0 aliphatic carbocycles. The molecular weight excluding hydrogens is 362 g/mol. The maximum absolute atomic E-state index is 13.8. The largest absolute Gasteiger partial charge is 0.311 e. The van der Waals surface area contributed by atoms with E-state index in [-0.39, 0.29) is 16.5 Å². The van der Waals surface area contributed by atoms with Gasteiger partial charge in [0.25, 0.3) is 10.0 Å². The molecule has 26 heavy (non-hydrogen) atoms. The number of halogens is 2. The van der Waals surface area contributed by atoms with Crippen molar-refractivity contribution in [2.75, 3.05) is 16.2 Å². The normalized spacial score (nSPS) is 18.8. The van der Waals surface area contributed by atoms with Gasteiger partial charge >= 0.3 is 0 Å². The number of rotatable bonds is 3. The molecule has 0 saturated carbocycles. The van der Waals surface area contributed by atoms with E-state index in [4.69, 9.17) is 0 Å². The van der Waals surface area contributed by atoms with Gasteiger partial charge in [-0.25, -0.2) is 17.2 Å². The Hall–Kier alpha value is -2.48. The maximum Gasteiger partial charge on any atom is 0.262 e. The molecule has 2 aromatic carbocycles. The molecule has 0 aromatic heterocycles. The fourth-order valence-electron chi connectivity index (χ4n) is 3.60. The molecule has 0 saturated heterocycles. The minimum absolute atomic E-state index is 0.0293. The van der Waals surface area contributed by atoms with E-state index < -0.39 is 27.6 Å². The predicted octanol–water partition coefficient (Wildman–Crippen LogP) is 3.16. The van der Waals surface area contributed by atoms with Crippen LogP contribution in [0.15, 0.2) is 35.2 Å². The molecule has 1 unspecified atom stereocenters. The number of amides is 1. The Morgan fingerprint density at radius 1 is 1.19 bits per heavy atom. The van der Waals surface area contributed by atoms with Crippen molar-refractivity contribution in [2.24, 2.45) is 0 Å². The lowest BCUT2D eigenvalue weighted by Gasteiger charge is -2.26. The van der Waals surface area contributed by atoms with Crippen molar-refractivity contribution in [3.05, 3.63) is 53.1 Å². The van der Waals surface area contributed by atoms with Crippen molar-refractivity contribution >= 4 is 27.3 Å². The van der Waals surface area contributed by atoms with Crippen LogP contribution in [0, 0.1) is 11.6 Å². The van der Waals surface area contributed by atoms with Gasteiger partial charge in [0.15, 0.2) is 0 Å².